The fraction of sp³-hybridized carbons (Fsp3) is 0.250. The van der Waals surface area contributed by atoms with Crippen LogP contribution in [0, 0.1) is 0 Å². The lowest BCUT2D eigenvalue weighted by molar-refractivity contribution is -0.135. The summed E-state index contributed by atoms with van der Waals surface area (Å²) in [6.07, 6.45) is -3.43. The van der Waals surface area contributed by atoms with Crippen LogP contribution in [-0.4, -0.2) is 22.5 Å². The van der Waals surface area contributed by atoms with Gasteiger partial charge >= 0.3 is 18.3 Å². The van der Waals surface area contributed by atoms with Gasteiger partial charge in [-0.1, -0.05) is 0 Å². The first-order valence-corrected chi connectivity index (χ1v) is 3.71. The van der Waals surface area contributed by atoms with E-state index in [2.05, 4.69) is 4.98 Å². The summed E-state index contributed by atoms with van der Waals surface area (Å²) >= 11 is 0. The Morgan fingerprint density at radius 1 is 1.40 bits per heavy atom. The van der Waals surface area contributed by atoms with Gasteiger partial charge in [-0.05, 0) is 12.1 Å². The van der Waals surface area contributed by atoms with E-state index in [0.717, 1.165) is 6.07 Å². The van der Waals surface area contributed by atoms with Crippen molar-refractivity contribution >= 4 is 5.97 Å². The molecule has 7 heteroatoms. The quantitative estimate of drug-likeness (QED) is 0.798. The Kier molecular flexibility index (Phi) is 2.92. The molecule has 1 heterocycles. The summed E-state index contributed by atoms with van der Waals surface area (Å²) < 4.78 is 49.1. The van der Waals surface area contributed by atoms with E-state index in [9.17, 15) is 22.4 Å². The van der Waals surface area contributed by atoms with Crippen LogP contribution in [0.1, 0.15) is 16.1 Å². The summed E-state index contributed by atoms with van der Waals surface area (Å²) in [7, 11) is 0. The summed E-state index contributed by atoms with van der Waals surface area (Å²) in [5, 5.41) is 8.39. The van der Waals surface area contributed by atoms with Gasteiger partial charge in [-0.25, -0.2) is 18.6 Å². The van der Waals surface area contributed by atoms with Gasteiger partial charge in [-0.15, -0.1) is 0 Å². The number of hydrogen-bond acceptors (Lipinski definition) is 2. The molecule has 0 saturated carbocycles. The zero-order chi connectivity index (χ0) is 11.6. The number of carboxylic acids is 1. The van der Waals surface area contributed by atoms with Crippen LogP contribution in [0.2, 0.25) is 0 Å². The molecule has 0 aromatic carbocycles. The van der Waals surface area contributed by atoms with Crippen molar-refractivity contribution in [2.45, 2.75) is 12.3 Å². The lowest BCUT2D eigenvalue weighted by atomic mass is 10.1. The number of hydrogen-bond donors (Lipinski definition) is 1. The van der Waals surface area contributed by atoms with Crippen LogP contribution in [0.5, 0.6) is 0 Å². The zero-order valence-corrected chi connectivity index (χ0v) is 7.12. The van der Waals surface area contributed by atoms with Crippen molar-refractivity contribution in [1.82, 2.24) is 4.98 Å². The molecule has 0 atom stereocenters. The number of carboxylic acid groups (broad SMARTS) is 1. The summed E-state index contributed by atoms with van der Waals surface area (Å²) in [5.41, 5.74) is -1.49. The van der Waals surface area contributed by atoms with Crippen LogP contribution in [0.3, 0.4) is 0 Å². The van der Waals surface area contributed by atoms with Crippen LogP contribution in [-0.2, 0) is 5.92 Å². The molecule has 1 aromatic rings. The number of pyridine rings is 1. The molecule has 0 amide bonds. The average molecular weight is 223 g/mol. The van der Waals surface area contributed by atoms with E-state index in [4.69, 9.17) is 5.11 Å². The molecule has 1 aromatic heterocycles. The first-order valence-electron chi connectivity index (χ1n) is 3.71. The minimum absolute atomic E-state index is 0.426. The zero-order valence-electron chi connectivity index (χ0n) is 7.12. The first kappa shape index (κ1) is 11.4. The molecule has 0 radical (unpaired) electrons. The summed E-state index contributed by atoms with van der Waals surface area (Å²) in [6, 6.07) is 1.36. The molecule has 1 rings (SSSR count). The van der Waals surface area contributed by atoms with E-state index in [0.29, 0.717) is 12.3 Å². The van der Waals surface area contributed by atoms with E-state index in [-0.39, 0.29) is 0 Å². The summed E-state index contributed by atoms with van der Waals surface area (Å²) in [6.45, 7) is 0. The Morgan fingerprint density at radius 3 is 2.33 bits per heavy atom. The van der Waals surface area contributed by atoms with Crippen molar-refractivity contribution in [2.24, 2.45) is 0 Å². The maximum Gasteiger partial charge on any atom is 0.354 e. The van der Waals surface area contributed by atoms with Gasteiger partial charge in [-0.2, -0.15) is 8.78 Å². The lowest BCUT2D eigenvalue weighted by Crippen LogP contribution is -2.23. The normalized spacial score (nSPS) is 11.8. The molecule has 0 saturated heterocycles. The van der Waals surface area contributed by atoms with E-state index in [1.807, 2.05) is 0 Å². The molecule has 0 bridgehead atoms. The van der Waals surface area contributed by atoms with Crippen molar-refractivity contribution in [3.8, 4) is 0 Å². The predicted octanol–water partition coefficient (Wildman–Crippen LogP) is 2.14. The largest absolute Gasteiger partial charge is 0.477 e. The number of aromatic nitrogens is 1. The Bertz CT molecular complexity index is 363. The van der Waals surface area contributed by atoms with Crippen LogP contribution in [0.4, 0.5) is 17.6 Å². The highest BCUT2D eigenvalue weighted by molar-refractivity contribution is 5.85. The van der Waals surface area contributed by atoms with Gasteiger partial charge in [0.05, 0.1) is 0 Å². The molecule has 15 heavy (non-hydrogen) atoms. The van der Waals surface area contributed by atoms with Crippen molar-refractivity contribution in [3.05, 3.63) is 29.6 Å². The second kappa shape index (κ2) is 3.84. The second-order valence-electron chi connectivity index (χ2n) is 2.66. The van der Waals surface area contributed by atoms with Crippen LogP contribution in [0.25, 0.3) is 0 Å². The van der Waals surface area contributed by atoms with Crippen LogP contribution >= 0.6 is 0 Å². The fourth-order valence-electron chi connectivity index (χ4n) is 0.844. The number of rotatable bonds is 3. The highest BCUT2D eigenvalue weighted by atomic mass is 19.3. The second-order valence-corrected chi connectivity index (χ2v) is 2.66. The molecule has 0 spiro atoms. The SMILES string of the molecule is O=C(O)c1ccc(C(F)(F)C(F)F)cn1. The van der Waals surface area contributed by atoms with Gasteiger partial charge in [-0.3, -0.25) is 0 Å². The smallest absolute Gasteiger partial charge is 0.354 e. The maximum atomic E-state index is 12.7. The van der Waals surface area contributed by atoms with Crippen molar-refractivity contribution in [1.29, 1.82) is 0 Å². The summed E-state index contributed by atoms with van der Waals surface area (Å²) in [5.74, 6) is -5.73. The van der Waals surface area contributed by atoms with Gasteiger partial charge in [0.1, 0.15) is 5.69 Å². The van der Waals surface area contributed by atoms with Gasteiger partial charge < -0.3 is 5.11 Å². The molecule has 3 nitrogen and oxygen atoms in total. The molecule has 0 unspecified atom stereocenters. The molecule has 1 N–H and O–H groups in total. The highest BCUT2D eigenvalue weighted by Crippen LogP contribution is 2.33. The van der Waals surface area contributed by atoms with Crippen molar-refractivity contribution in [3.63, 3.8) is 0 Å². The topological polar surface area (TPSA) is 50.2 Å². The maximum absolute atomic E-state index is 12.7. The van der Waals surface area contributed by atoms with Gasteiger partial charge in [0.2, 0.25) is 0 Å². The Labute approximate surface area is 81.4 Å². The summed E-state index contributed by atoms with van der Waals surface area (Å²) in [4.78, 5) is 13.4. The molecule has 0 fully saturated rings. The Hall–Kier alpha value is -1.66. The number of aromatic carboxylic acids is 1. The third-order valence-corrected chi connectivity index (χ3v) is 1.64. The minimum Gasteiger partial charge on any atom is -0.477 e. The number of carbonyl (C=O) groups is 1. The van der Waals surface area contributed by atoms with Crippen LogP contribution < -0.4 is 0 Å². The fourth-order valence-corrected chi connectivity index (χ4v) is 0.844. The number of alkyl halides is 4. The Morgan fingerprint density at radius 2 is 2.00 bits per heavy atom. The van der Waals surface area contributed by atoms with Crippen LogP contribution in [0.15, 0.2) is 18.3 Å². The average Bonchev–Trinajstić information content (AvgIpc) is 2.17. The molecule has 82 valence electrons. The van der Waals surface area contributed by atoms with Crippen molar-refractivity contribution < 1.29 is 27.5 Å². The highest BCUT2D eigenvalue weighted by Gasteiger charge is 2.42. The van der Waals surface area contributed by atoms with E-state index >= 15 is 0 Å². The molecule has 0 aliphatic carbocycles. The molecular formula is C8H5F4NO2. The van der Waals surface area contributed by atoms with Gasteiger partial charge in [0, 0.05) is 11.8 Å². The standard InChI is InChI=1S/C8H5F4NO2/c9-7(10)8(11,12)4-1-2-5(6(14)15)13-3-4/h1-3,7H,(H,14,15). The monoisotopic (exact) mass is 223 g/mol. The van der Waals surface area contributed by atoms with Gasteiger partial charge in [0.15, 0.2) is 0 Å². The van der Waals surface area contributed by atoms with E-state index in [1.54, 1.807) is 0 Å². The lowest BCUT2D eigenvalue weighted by Gasteiger charge is -2.14. The molecule has 0 aliphatic heterocycles. The number of nitrogens with zero attached hydrogens (tertiary/aromatic N) is 1. The number of halogens is 4. The third kappa shape index (κ3) is 2.23. The molecular weight excluding hydrogens is 218 g/mol. The minimum atomic E-state index is -4.32. The first-order chi connectivity index (χ1) is 6.85. The van der Waals surface area contributed by atoms with Gasteiger partial charge in [0.25, 0.3) is 0 Å². The van der Waals surface area contributed by atoms with E-state index in [1.165, 1.54) is 0 Å². The Balaban J connectivity index is 3.04. The molecule has 0 aliphatic rings. The predicted molar refractivity (Wildman–Crippen MR) is 41.1 cm³/mol. The van der Waals surface area contributed by atoms with Crippen molar-refractivity contribution in [2.75, 3.05) is 0 Å². The third-order valence-electron chi connectivity index (χ3n) is 1.64. The van der Waals surface area contributed by atoms with E-state index < -0.39 is 29.6 Å².